The Morgan fingerprint density at radius 3 is 2.55 bits per heavy atom. The molecule has 0 aliphatic carbocycles. The van der Waals surface area contributed by atoms with Gasteiger partial charge in [-0.25, -0.2) is 4.68 Å². The van der Waals surface area contributed by atoms with Crippen molar-refractivity contribution in [3.8, 4) is 0 Å². The van der Waals surface area contributed by atoms with Crippen LogP contribution in [0, 0.1) is 6.92 Å². The van der Waals surface area contributed by atoms with Crippen molar-refractivity contribution < 1.29 is 4.79 Å². The first-order valence-corrected chi connectivity index (χ1v) is 10.6. The normalized spacial score (nSPS) is 13.5. The minimum atomic E-state index is -0.657. The average molecular weight is 406 g/mol. The monoisotopic (exact) mass is 405 g/mol. The topological polar surface area (TPSA) is 64.0 Å². The Morgan fingerprint density at radius 1 is 1.14 bits per heavy atom. The molecule has 148 valence electrons. The van der Waals surface area contributed by atoms with Crippen LogP contribution in [0.1, 0.15) is 43.6 Å². The number of nitrogens with zero attached hydrogens (tertiary/aromatic N) is 2. The zero-order valence-corrected chi connectivity index (χ0v) is 17.5. The van der Waals surface area contributed by atoms with Crippen LogP contribution in [0.25, 0.3) is 20.2 Å². The smallest absolute Gasteiger partial charge is 0.276 e. The minimum absolute atomic E-state index is 0.153. The lowest BCUT2D eigenvalue weighted by Crippen LogP contribution is -2.39. The van der Waals surface area contributed by atoms with E-state index in [0.29, 0.717) is 11.8 Å². The third-order valence-electron chi connectivity index (χ3n) is 5.25. The van der Waals surface area contributed by atoms with Gasteiger partial charge in [0, 0.05) is 10.1 Å². The number of benzene rings is 2. The standard InChI is InChI=1S/C23H23N3O2S/c1-4-18(22(27)24-14(2)16-10-6-5-7-11-16)26-23(28)20-17-12-8-9-13-19(17)29-21(20)15(3)25-26/h5-14,18H,4H2,1-3H3,(H,24,27)/t14-,18-/m0/s1. The van der Waals surface area contributed by atoms with E-state index in [4.69, 9.17) is 0 Å². The fourth-order valence-corrected chi connectivity index (χ4v) is 4.83. The lowest BCUT2D eigenvalue weighted by molar-refractivity contribution is -0.125. The van der Waals surface area contributed by atoms with E-state index in [-0.39, 0.29) is 17.5 Å². The number of amides is 1. The molecule has 2 atom stereocenters. The number of carbonyl (C=O) groups is 1. The summed E-state index contributed by atoms with van der Waals surface area (Å²) in [5, 5.41) is 9.13. The van der Waals surface area contributed by atoms with Crippen molar-refractivity contribution in [2.45, 2.75) is 39.3 Å². The molecule has 0 aliphatic heterocycles. The Morgan fingerprint density at radius 2 is 1.83 bits per heavy atom. The van der Waals surface area contributed by atoms with Crippen LogP contribution >= 0.6 is 11.3 Å². The molecule has 0 fully saturated rings. The first kappa shape index (κ1) is 19.3. The molecule has 29 heavy (non-hydrogen) atoms. The largest absolute Gasteiger partial charge is 0.348 e. The van der Waals surface area contributed by atoms with Crippen molar-refractivity contribution in [2.24, 2.45) is 0 Å². The molecule has 1 N–H and O–H groups in total. The van der Waals surface area contributed by atoms with Gasteiger partial charge in [-0.2, -0.15) is 5.10 Å². The van der Waals surface area contributed by atoms with Crippen LogP contribution in [0.15, 0.2) is 59.4 Å². The zero-order chi connectivity index (χ0) is 20.5. The number of hydrogen-bond acceptors (Lipinski definition) is 4. The molecule has 6 heteroatoms. The Kier molecular flexibility index (Phi) is 5.20. The zero-order valence-electron chi connectivity index (χ0n) is 16.7. The van der Waals surface area contributed by atoms with Gasteiger partial charge in [0.15, 0.2) is 0 Å². The number of rotatable bonds is 5. The number of hydrogen-bond donors (Lipinski definition) is 1. The van der Waals surface area contributed by atoms with E-state index in [1.54, 1.807) is 11.3 Å². The van der Waals surface area contributed by atoms with Crippen molar-refractivity contribution in [2.75, 3.05) is 0 Å². The molecule has 0 saturated carbocycles. The van der Waals surface area contributed by atoms with Gasteiger partial charge in [0.2, 0.25) is 5.91 Å². The summed E-state index contributed by atoms with van der Waals surface area (Å²) >= 11 is 1.57. The van der Waals surface area contributed by atoms with E-state index in [9.17, 15) is 9.59 Å². The summed E-state index contributed by atoms with van der Waals surface area (Å²) in [5.41, 5.74) is 1.58. The predicted octanol–water partition coefficient (Wildman–Crippen LogP) is 4.75. The van der Waals surface area contributed by atoms with Gasteiger partial charge in [0.1, 0.15) is 6.04 Å². The van der Waals surface area contributed by atoms with Crippen LogP contribution in [0.3, 0.4) is 0 Å². The van der Waals surface area contributed by atoms with E-state index in [1.165, 1.54) is 4.68 Å². The summed E-state index contributed by atoms with van der Waals surface area (Å²) in [5.74, 6) is -0.197. The summed E-state index contributed by atoms with van der Waals surface area (Å²) in [6.45, 7) is 5.73. The highest BCUT2D eigenvalue weighted by molar-refractivity contribution is 7.26. The Balaban J connectivity index is 1.75. The quantitative estimate of drug-likeness (QED) is 0.521. The Hall–Kier alpha value is -2.99. The van der Waals surface area contributed by atoms with Crippen LogP contribution in [-0.4, -0.2) is 15.7 Å². The van der Waals surface area contributed by atoms with E-state index in [1.807, 2.05) is 75.4 Å². The molecule has 2 aromatic carbocycles. The number of nitrogens with one attached hydrogen (secondary N) is 1. The van der Waals surface area contributed by atoms with Crippen LogP contribution in [-0.2, 0) is 4.79 Å². The number of fused-ring (bicyclic) bond motifs is 3. The van der Waals surface area contributed by atoms with Gasteiger partial charge in [0.25, 0.3) is 5.56 Å². The number of aryl methyl sites for hydroxylation is 1. The molecule has 0 saturated heterocycles. The van der Waals surface area contributed by atoms with E-state index >= 15 is 0 Å². The van der Waals surface area contributed by atoms with Gasteiger partial charge in [-0.1, -0.05) is 55.5 Å². The molecule has 0 unspecified atom stereocenters. The SMILES string of the molecule is CC[C@@H](C(=O)N[C@@H](C)c1ccccc1)n1nc(C)c2sc3ccccc3c2c1=O. The minimum Gasteiger partial charge on any atom is -0.348 e. The van der Waals surface area contributed by atoms with Gasteiger partial charge < -0.3 is 5.32 Å². The van der Waals surface area contributed by atoms with E-state index < -0.39 is 6.04 Å². The van der Waals surface area contributed by atoms with Gasteiger partial charge in [-0.15, -0.1) is 11.3 Å². The second-order valence-corrected chi connectivity index (χ2v) is 8.25. The summed E-state index contributed by atoms with van der Waals surface area (Å²) in [4.78, 5) is 26.4. The van der Waals surface area contributed by atoms with Gasteiger partial charge in [-0.3, -0.25) is 9.59 Å². The predicted molar refractivity (Wildman–Crippen MR) is 118 cm³/mol. The fourth-order valence-electron chi connectivity index (χ4n) is 3.69. The lowest BCUT2D eigenvalue weighted by atomic mass is 10.1. The molecule has 1 amide bonds. The van der Waals surface area contributed by atoms with E-state index in [0.717, 1.165) is 26.0 Å². The van der Waals surface area contributed by atoms with Crippen molar-refractivity contribution in [3.63, 3.8) is 0 Å². The second-order valence-electron chi connectivity index (χ2n) is 7.20. The van der Waals surface area contributed by atoms with E-state index in [2.05, 4.69) is 10.4 Å². The maximum absolute atomic E-state index is 13.3. The maximum atomic E-state index is 13.3. The molecule has 0 aliphatic rings. The Labute approximate surface area is 173 Å². The van der Waals surface area contributed by atoms with Crippen molar-refractivity contribution >= 4 is 37.4 Å². The third-order valence-corrected chi connectivity index (χ3v) is 6.53. The highest BCUT2D eigenvalue weighted by Gasteiger charge is 2.25. The molecular formula is C23H23N3O2S. The summed E-state index contributed by atoms with van der Waals surface area (Å²) in [7, 11) is 0. The molecule has 2 aromatic heterocycles. The van der Waals surface area contributed by atoms with Crippen molar-refractivity contribution in [1.82, 2.24) is 15.1 Å². The molecule has 2 heterocycles. The summed E-state index contributed by atoms with van der Waals surface area (Å²) in [6, 6.07) is 16.8. The third kappa shape index (κ3) is 3.44. The first-order chi connectivity index (χ1) is 14.0. The highest BCUT2D eigenvalue weighted by Crippen LogP contribution is 2.33. The molecule has 4 aromatic rings. The molecule has 0 bridgehead atoms. The van der Waals surface area contributed by atoms with Crippen LogP contribution in [0.4, 0.5) is 0 Å². The average Bonchev–Trinajstić information content (AvgIpc) is 3.13. The molecule has 0 spiro atoms. The van der Waals surface area contributed by atoms with Gasteiger partial charge >= 0.3 is 0 Å². The number of thiophene rings is 1. The molecule has 4 rings (SSSR count). The lowest BCUT2D eigenvalue weighted by Gasteiger charge is -2.21. The van der Waals surface area contributed by atoms with Crippen LogP contribution in [0.2, 0.25) is 0 Å². The summed E-state index contributed by atoms with van der Waals surface area (Å²) in [6.07, 6.45) is 0.479. The molecular weight excluding hydrogens is 382 g/mol. The summed E-state index contributed by atoms with van der Waals surface area (Å²) < 4.78 is 3.31. The first-order valence-electron chi connectivity index (χ1n) is 9.77. The van der Waals surface area contributed by atoms with Crippen molar-refractivity contribution in [3.05, 3.63) is 76.2 Å². The second kappa shape index (κ2) is 7.79. The van der Waals surface area contributed by atoms with Gasteiger partial charge in [0.05, 0.1) is 21.8 Å². The van der Waals surface area contributed by atoms with Crippen LogP contribution in [0.5, 0.6) is 0 Å². The maximum Gasteiger partial charge on any atom is 0.276 e. The number of aromatic nitrogens is 2. The van der Waals surface area contributed by atoms with Gasteiger partial charge in [-0.05, 0) is 31.9 Å². The molecule has 0 radical (unpaired) electrons. The molecule has 5 nitrogen and oxygen atoms in total. The highest BCUT2D eigenvalue weighted by atomic mass is 32.1. The Bertz CT molecular complexity index is 1240. The van der Waals surface area contributed by atoms with Crippen molar-refractivity contribution in [1.29, 1.82) is 0 Å². The number of carbonyl (C=O) groups excluding carboxylic acids is 1. The fraction of sp³-hybridized carbons (Fsp3) is 0.261. The van der Waals surface area contributed by atoms with Crippen LogP contribution < -0.4 is 10.9 Å².